The summed E-state index contributed by atoms with van der Waals surface area (Å²) < 4.78 is 8.93. The van der Waals surface area contributed by atoms with Gasteiger partial charge in [0, 0.05) is 39.7 Å². The van der Waals surface area contributed by atoms with E-state index in [1.54, 1.807) is 0 Å². The van der Waals surface area contributed by atoms with Crippen molar-refractivity contribution in [1.29, 1.82) is 0 Å². The number of halogens is 1. The monoisotopic (exact) mass is 353 g/mol. The minimum absolute atomic E-state index is 0.525. The maximum absolute atomic E-state index is 5.81. The zero-order chi connectivity index (χ0) is 15.1. The molecule has 4 nitrogen and oxygen atoms in total. The summed E-state index contributed by atoms with van der Waals surface area (Å²) in [6.07, 6.45) is 2.04. The lowest BCUT2D eigenvalue weighted by Crippen LogP contribution is -1.84. The first-order chi connectivity index (χ1) is 10.7. The molecule has 0 amide bonds. The summed E-state index contributed by atoms with van der Waals surface area (Å²) >= 11 is 3.58. The molecule has 0 radical (unpaired) electrons. The fourth-order valence-corrected chi connectivity index (χ4v) is 3.14. The number of aryl methyl sites for hydroxylation is 1. The number of rotatable bonds is 2. The molecule has 0 atom stereocenters. The molecular weight excluding hydrogens is 342 g/mol. The van der Waals surface area contributed by atoms with Gasteiger partial charge in [0.25, 0.3) is 0 Å². The Balaban J connectivity index is 1.79. The highest BCUT2D eigenvalue weighted by Crippen LogP contribution is 2.31. The van der Waals surface area contributed by atoms with E-state index in [-0.39, 0.29) is 0 Å². The van der Waals surface area contributed by atoms with Gasteiger partial charge in [-0.2, -0.15) is 0 Å². The first-order valence-electron chi connectivity index (χ1n) is 6.86. The fourth-order valence-electron chi connectivity index (χ4n) is 2.51. The van der Waals surface area contributed by atoms with Crippen molar-refractivity contribution in [2.24, 2.45) is 7.05 Å². The second-order valence-electron chi connectivity index (χ2n) is 5.10. The van der Waals surface area contributed by atoms with E-state index in [0.29, 0.717) is 11.8 Å². The van der Waals surface area contributed by atoms with Gasteiger partial charge in [0.1, 0.15) is 0 Å². The molecule has 2 aromatic carbocycles. The van der Waals surface area contributed by atoms with Gasteiger partial charge in [-0.3, -0.25) is 0 Å². The molecule has 108 valence electrons. The van der Waals surface area contributed by atoms with Crippen molar-refractivity contribution >= 4 is 26.8 Å². The molecule has 0 fully saturated rings. The molecule has 0 aliphatic heterocycles. The third-order valence-corrected chi connectivity index (χ3v) is 4.27. The van der Waals surface area contributed by atoms with Crippen molar-refractivity contribution in [3.05, 3.63) is 59.2 Å². The molecule has 2 heterocycles. The van der Waals surface area contributed by atoms with E-state index in [9.17, 15) is 0 Å². The standard InChI is InChI=1S/C17H12BrN3O/c1-21-10-14(18)13-9-12(7-8-15(13)21)17-20-19-16(22-17)11-5-3-2-4-6-11/h2-10H,1H3. The minimum Gasteiger partial charge on any atom is -0.416 e. The van der Waals surface area contributed by atoms with Crippen LogP contribution in [0.25, 0.3) is 33.8 Å². The number of nitrogens with zero attached hydrogens (tertiary/aromatic N) is 3. The maximum Gasteiger partial charge on any atom is 0.248 e. The van der Waals surface area contributed by atoms with E-state index in [1.807, 2.05) is 49.6 Å². The van der Waals surface area contributed by atoms with Crippen molar-refractivity contribution in [3.63, 3.8) is 0 Å². The van der Waals surface area contributed by atoms with Crippen molar-refractivity contribution in [2.45, 2.75) is 0 Å². The number of hydrogen-bond acceptors (Lipinski definition) is 3. The highest BCUT2D eigenvalue weighted by molar-refractivity contribution is 9.10. The molecule has 4 aromatic rings. The third-order valence-electron chi connectivity index (χ3n) is 3.63. The molecule has 4 rings (SSSR count). The molecule has 22 heavy (non-hydrogen) atoms. The van der Waals surface area contributed by atoms with Crippen LogP contribution in [0.15, 0.2) is 63.6 Å². The average molecular weight is 354 g/mol. The van der Waals surface area contributed by atoms with Crippen LogP contribution in [0, 0.1) is 0 Å². The molecule has 0 saturated carbocycles. The molecule has 0 bridgehead atoms. The highest BCUT2D eigenvalue weighted by atomic mass is 79.9. The Hall–Kier alpha value is -2.40. The molecule has 0 spiro atoms. The van der Waals surface area contributed by atoms with Crippen molar-refractivity contribution in [1.82, 2.24) is 14.8 Å². The quantitative estimate of drug-likeness (QED) is 0.526. The van der Waals surface area contributed by atoms with Gasteiger partial charge < -0.3 is 8.98 Å². The van der Waals surface area contributed by atoms with Gasteiger partial charge in [-0.1, -0.05) is 18.2 Å². The van der Waals surface area contributed by atoms with Gasteiger partial charge in [-0.25, -0.2) is 0 Å². The van der Waals surface area contributed by atoms with Gasteiger partial charge in [-0.05, 0) is 46.3 Å². The summed E-state index contributed by atoms with van der Waals surface area (Å²) in [5.74, 6) is 1.05. The Morgan fingerprint density at radius 2 is 1.68 bits per heavy atom. The van der Waals surface area contributed by atoms with Gasteiger partial charge in [0.05, 0.1) is 0 Å². The van der Waals surface area contributed by atoms with Crippen LogP contribution >= 0.6 is 15.9 Å². The minimum atomic E-state index is 0.525. The molecule has 5 heteroatoms. The number of fused-ring (bicyclic) bond motifs is 1. The predicted molar refractivity (Wildman–Crippen MR) is 89.3 cm³/mol. The van der Waals surface area contributed by atoms with Gasteiger partial charge in [0.2, 0.25) is 11.8 Å². The number of benzene rings is 2. The van der Waals surface area contributed by atoms with Gasteiger partial charge in [0.15, 0.2) is 0 Å². The maximum atomic E-state index is 5.81. The zero-order valence-corrected chi connectivity index (χ0v) is 13.4. The van der Waals surface area contributed by atoms with E-state index < -0.39 is 0 Å². The van der Waals surface area contributed by atoms with Crippen LogP contribution in [0.4, 0.5) is 0 Å². The summed E-state index contributed by atoms with van der Waals surface area (Å²) in [5.41, 5.74) is 2.98. The van der Waals surface area contributed by atoms with E-state index in [1.165, 1.54) is 0 Å². The summed E-state index contributed by atoms with van der Waals surface area (Å²) in [5, 5.41) is 9.43. The first kappa shape index (κ1) is 13.3. The van der Waals surface area contributed by atoms with E-state index in [4.69, 9.17) is 4.42 Å². The summed E-state index contributed by atoms with van der Waals surface area (Å²) in [6.45, 7) is 0. The molecule has 0 unspecified atom stereocenters. The molecule has 2 aromatic heterocycles. The van der Waals surface area contributed by atoms with E-state index >= 15 is 0 Å². The largest absolute Gasteiger partial charge is 0.416 e. The second kappa shape index (κ2) is 5.10. The van der Waals surface area contributed by atoms with Crippen molar-refractivity contribution in [3.8, 4) is 22.9 Å². The average Bonchev–Trinajstić information content (AvgIpc) is 3.14. The highest BCUT2D eigenvalue weighted by Gasteiger charge is 2.12. The Morgan fingerprint density at radius 3 is 2.45 bits per heavy atom. The topological polar surface area (TPSA) is 43.9 Å². The van der Waals surface area contributed by atoms with Gasteiger partial charge in [-0.15, -0.1) is 10.2 Å². The normalized spacial score (nSPS) is 11.2. The number of hydrogen-bond donors (Lipinski definition) is 0. The molecule has 0 aliphatic carbocycles. The fraction of sp³-hybridized carbons (Fsp3) is 0.0588. The van der Waals surface area contributed by atoms with Crippen LogP contribution in [-0.2, 0) is 7.05 Å². The van der Waals surface area contributed by atoms with Crippen LogP contribution in [-0.4, -0.2) is 14.8 Å². The van der Waals surface area contributed by atoms with Crippen molar-refractivity contribution in [2.75, 3.05) is 0 Å². The lowest BCUT2D eigenvalue weighted by Gasteiger charge is -1.98. The Kier molecular flexibility index (Phi) is 3.08. The second-order valence-corrected chi connectivity index (χ2v) is 5.95. The number of aromatic nitrogens is 3. The van der Waals surface area contributed by atoms with Crippen LogP contribution in [0.1, 0.15) is 0 Å². The lowest BCUT2D eigenvalue weighted by molar-refractivity contribution is 0.584. The summed E-state index contributed by atoms with van der Waals surface area (Å²) in [6, 6.07) is 15.9. The van der Waals surface area contributed by atoms with Crippen LogP contribution in [0.5, 0.6) is 0 Å². The first-order valence-corrected chi connectivity index (χ1v) is 7.65. The van der Waals surface area contributed by atoms with Crippen molar-refractivity contribution < 1.29 is 4.42 Å². The molecular formula is C17H12BrN3O. The van der Waals surface area contributed by atoms with E-state index in [2.05, 4.69) is 42.8 Å². The van der Waals surface area contributed by atoms with Crippen LogP contribution in [0.2, 0.25) is 0 Å². The molecule has 0 saturated heterocycles. The predicted octanol–water partition coefficient (Wildman–Crippen LogP) is 4.66. The Morgan fingerprint density at radius 1 is 0.955 bits per heavy atom. The molecule has 0 N–H and O–H groups in total. The third kappa shape index (κ3) is 2.14. The van der Waals surface area contributed by atoms with E-state index in [0.717, 1.165) is 26.5 Å². The lowest BCUT2D eigenvalue weighted by atomic mass is 10.1. The summed E-state index contributed by atoms with van der Waals surface area (Å²) in [7, 11) is 2.02. The zero-order valence-electron chi connectivity index (χ0n) is 11.8. The van der Waals surface area contributed by atoms with Gasteiger partial charge >= 0.3 is 0 Å². The smallest absolute Gasteiger partial charge is 0.248 e. The molecule has 0 aliphatic rings. The summed E-state index contributed by atoms with van der Waals surface area (Å²) in [4.78, 5) is 0. The Labute approximate surface area is 135 Å². The Bertz CT molecular complexity index is 957. The SMILES string of the molecule is Cn1cc(Br)c2cc(-c3nnc(-c4ccccc4)o3)ccc21. The van der Waals surface area contributed by atoms with Crippen LogP contribution in [0.3, 0.4) is 0 Å². The van der Waals surface area contributed by atoms with Crippen LogP contribution < -0.4 is 0 Å².